The molecule has 0 unspecified atom stereocenters. The monoisotopic (exact) mass is 261 g/mol. The first-order chi connectivity index (χ1) is 9.16. The lowest BCUT2D eigenvalue weighted by Gasteiger charge is -2.05. The molecule has 7 nitrogen and oxygen atoms in total. The first-order valence-corrected chi connectivity index (χ1v) is 5.95. The Bertz CT molecular complexity index is 553. The molecule has 0 saturated heterocycles. The Hall–Kier alpha value is -2.28. The van der Waals surface area contributed by atoms with E-state index in [1.807, 2.05) is 6.07 Å². The van der Waals surface area contributed by atoms with E-state index in [0.717, 1.165) is 24.4 Å². The van der Waals surface area contributed by atoms with Gasteiger partial charge in [-0.25, -0.2) is 4.98 Å². The molecule has 0 bridgehead atoms. The van der Waals surface area contributed by atoms with E-state index < -0.39 is 0 Å². The average molecular weight is 261 g/mol. The predicted octanol–water partition coefficient (Wildman–Crippen LogP) is 1.35. The topological polar surface area (TPSA) is 96.7 Å². The Labute approximate surface area is 110 Å². The number of nitro benzene ring substituents is 1. The van der Waals surface area contributed by atoms with Crippen molar-refractivity contribution in [2.24, 2.45) is 0 Å². The molecule has 2 rings (SSSR count). The summed E-state index contributed by atoms with van der Waals surface area (Å²) in [6.45, 7) is 3.06. The highest BCUT2D eigenvalue weighted by atomic mass is 16.6. The van der Waals surface area contributed by atoms with Gasteiger partial charge in [0.1, 0.15) is 12.2 Å². The van der Waals surface area contributed by atoms with Gasteiger partial charge in [-0.15, -0.1) is 0 Å². The molecule has 7 heteroatoms. The molecule has 2 aromatic rings. The SMILES string of the molecule is Cc1ccc(CNCCc2ncn[nH]2)cc1[N+](=O)[O-]. The molecule has 0 aliphatic rings. The number of aromatic amines is 1. The molecule has 0 amide bonds. The van der Waals surface area contributed by atoms with Gasteiger partial charge in [-0.3, -0.25) is 15.2 Å². The summed E-state index contributed by atoms with van der Waals surface area (Å²) in [5.74, 6) is 0.822. The van der Waals surface area contributed by atoms with Crippen LogP contribution in [-0.2, 0) is 13.0 Å². The van der Waals surface area contributed by atoms with E-state index in [2.05, 4.69) is 20.5 Å². The Morgan fingerprint density at radius 1 is 1.47 bits per heavy atom. The van der Waals surface area contributed by atoms with Gasteiger partial charge in [-0.05, 0) is 12.5 Å². The van der Waals surface area contributed by atoms with E-state index in [0.29, 0.717) is 12.1 Å². The lowest BCUT2D eigenvalue weighted by atomic mass is 10.1. The molecular weight excluding hydrogens is 246 g/mol. The number of hydrogen-bond donors (Lipinski definition) is 2. The molecule has 0 radical (unpaired) electrons. The third kappa shape index (κ3) is 3.59. The van der Waals surface area contributed by atoms with E-state index in [4.69, 9.17) is 0 Å². The summed E-state index contributed by atoms with van der Waals surface area (Å²) in [5.41, 5.74) is 1.74. The van der Waals surface area contributed by atoms with E-state index in [1.54, 1.807) is 19.1 Å². The lowest BCUT2D eigenvalue weighted by Crippen LogP contribution is -2.17. The summed E-state index contributed by atoms with van der Waals surface area (Å²) in [5, 5.41) is 20.6. The standard InChI is InChI=1S/C12H15N5O2/c1-9-2-3-10(6-11(9)17(18)19)7-13-5-4-12-14-8-15-16-12/h2-3,6,8,13H,4-5,7H2,1H3,(H,14,15,16). The number of nitro groups is 1. The lowest BCUT2D eigenvalue weighted by molar-refractivity contribution is -0.385. The van der Waals surface area contributed by atoms with E-state index in [-0.39, 0.29) is 10.6 Å². The highest BCUT2D eigenvalue weighted by Crippen LogP contribution is 2.18. The minimum atomic E-state index is -0.354. The van der Waals surface area contributed by atoms with Crippen LogP contribution in [0.25, 0.3) is 0 Å². The molecule has 0 atom stereocenters. The Morgan fingerprint density at radius 2 is 2.32 bits per heavy atom. The van der Waals surface area contributed by atoms with Crippen molar-refractivity contribution in [3.63, 3.8) is 0 Å². The average Bonchev–Trinajstić information content (AvgIpc) is 2.89. The Kier molecular flexibility index (Phi) is 4.19. The normalized spacial score (nSPS) is 10.6. The summed E-state index contributed by atoms with van der Waals surface area (Å²) in [7, 11) is 0. The number of benzene rings is 1. The molecule has 1 aromatic heterocycles. The molecule has 1 heterocycles. The predicted molar refractivity (Wildman–Crippen MR) is 69.6 cm³/mol. The molecule has 2 N–H and O–H groups in total. The van der Waals surface area contributed by atoms with Gasteiger partial charge < -0.3 is 5.32 Å². The smallest absolute Gasteiger partial charge is 0.272 e. The highest BCUT2D eigenvalue weighted by Gasteiger charge is 2.10. The zero-order valence-corrected chi connectivity index (χ0v) is 10.6. The molecule has 0 fully saturated rings. The number of H-pyrrole nitrogens is 1. The number of rotatable bonds is 6. The summed E-state index contributed by atoms with van der Waals surface area (Å²) in [6, 6.07) is 5.27. The van der Waals surface area contributed by atoms with Crippen molar-refractivity contribution < 1.29 is 4.92 Å². The van der Waals surface area contributed by atoms with Crippen LogP contribution < -0.4 is 5.32 Å². The van der Waals surface area contributed by atoms with Crippen LogP contribution in [0, 0.1) is 17.0 Å². The number of nitrogens with zero attached hydrogens (tertiary/aromatic N) is 3. The van der Waals surface area contributed by atoms with Crippen molar-refractivity contribution >= 4 is 5.69 Å². The fourth-order valence-electron chi connectivity index (χ4n) is 1.75. The van der Waals surface area contributed by atoms with Gasteiger partial charge in [-0.1, -0.05) is 12.1 Å². The minimum Gasteiger partial charge on any atom is -0.312 e. The van der Waals surface area contributed by atoms with E-state index >= 15 is 0 Å². The summed E-state index contributed by atoms with van der Waals surface area (Å²) < 4.78 is 0. The summed E-state index contributed by atoms with van der Waals surface area (Å²) in [6.07, 6.45) is 2.21. The second-order valence-corrected chi connectivity index (χ2v) is 4.24. The van der Waals surface area contributed by atoms with Crippen molar-refractivity contribution in [1.82, 2.24) is 20.5 Å². The third-order valence-corrected chi connectivity index (χ3v) is 2.80. The van der Waals surface area contributed by atoms with Crippen molar-refractivity contribution in [3.8, 4) is 0 Å². The molecule has 0 aliphatic heterocycles. The Balaban J connectivity index is 1.86. The van der Waals surface area contributed by atoms with E-state index in [1.165, 1.54) is 6.33 Å². The van der Waals surface area contributed by atoms with Gasteiger partial charge in [-0.2, -0.15) is 5.10 Å². The third-order valence-electron chi connectivity index (χ3n) is 2.80. The van der Waals surface area contributed by atoms with Crippen LogP contribution >= 0.6 is 0 Å². The van der Waals surface area contributed by atoms with Crippen molar-refractivity contribution in [3.05, 3.63) is 51.6 Å². The van der Waals surface area contributed by atoms with E-state index in [9.17, 15) is 10.1 Å². The number of hydrogen-bond acceptors (Lipinski definition) is 5. The highest BCUT2D eigenvalue weighted by molar-refractivity contribution is 5.42. The maximum atomic E-state index is 10.8. The van der Waals surface area contributed by atoms with Gasteiger partial charge in [0.25, 0.3) is 5.69 Å². The fraction of sp³-hybridized carbons (Fsp3) is 0.333. The second-order valence-electron chi connectivity index (χ2n) is 4.24. The van der Waals surface area contributed by atoms with Crippen LogP contribution in [-0.4, -0.2) is 26.6 Å². The van der Waals surface area contributed by atoms with Crippen molar-refractivity contribution in [1.29, 1.82) is 0 Å². The first kappa shape index (κ1) is 13.2. The Morgan fingerprint density at radius 3 is 3.00 bits per heavy atom. The molecular formula is C12H15N5O2. The largest absolute Gasteiger partial charge is 0.312 e. The zero-order chi connectivity index (χ0) is 13.7. The van der Waals surface area contributed by atoms with Gasteiger partial charge >= 0.3 is 0 Å². The molecule has 19 heavy (non-hydrogen) atoms. The minimum absolute atomic E-state index is 0.162. The molecule has 0 aliphatic carbocycles. The van der Waals surface area contributed by atoms with Gasteiger partial charge in [0.15, 0.2) is 0 Å². The van der Waals surface area contributed by atoms with Gasteiger partial charge in [0.05, 0.1) is 4.92 Å². The van der Waals surface area contributed by atoms with Crippen LogP contribution in [0.3, 0.4) is 0 Å². The zero-order valence-electron chi connectivity index (χ0n) is 10.6. The van der Waals surface area contributed by atoms with Gasteiger partial charge in [0.2, 0.25) is 0 Å². The maximum absolute atomic E-state index is 10.8. The molecule has 1 aromatic carbocycles. The van der Waals surface area contributed by atoms with Crippen LogP contribution in [0.5, 0.6) is 0 Å². The number of aromatic nitrogens is 3. The van der Waals surface area contributed by atoms with Gasteiger partial charge in [0, 0.05) is 31.1 Å². The summed E-state index contributed by atoms with van der Waals surface area (Å²) >= 11 is 0. The molecule has 100 valence electrons. The molecule has 0 saturated carbocycles. The second kappa shape index (κ2) is 6.05. The maximum Gasteiger partial charge on any atom is 0.272 e. The fourth-order valence-corrected chi connectivity index (χ4v) is 1.75. The quantitative estimate of drug-likeness (QED) is 0.465. The van der Waals surface area contributed by atoms with Crippen LogP contribution in [0.2, 0.25) is 0 Å². The van der Waals surface area contributed by atoms with Crippen LogP contribution in [0.4, 0.5) is 5.69 Å². The van der Waals surface area contributed by atoms with Crippen molar-refractivity contribution in [2.45, 2.75) is 19.9 Å². The number of aryl methyl sites for hydroxylation is 1. The first-order valence-electron chi connectivity index (χ1n) is 5.95. The number of nitrogens with one attached hydrogen (secondary N) is 2. The molecule has 0 spiro atoms. The van der Waals surface area contributed by atoms with Crippen molar-refractivity contribution in [2.75, 3.05) is 6.54 Å². The van der Waals surface area contributed by atoms with Crippen LogP contribution in [0.15, 0.2) is 24.5 Å². The van der Waals surface area contributed by atoms with Crippen LogP contribution in [0.1, 0.15) is 17.0 Å². The summed E-state index contributed by atoms with van der Waals surface area (Å²) in [4.78, 5) is 14.5.